The normalized spacial score (nSPS) is 15.7. The molecule has 8 nitrogen and oxygen atoms in total. The Morgan fingerprint density at radius 2 is 1.57 bits per heavy atom. The standard InChI is InChI=1S/C20H22FN3O5S/c1-14(22-30(28,29)18-9-5-3-7-16(18)21)19(26)23-10-12-24(13-11-23)20(27)15-6-2-4-8-17(15)25/h2-9,14,22,25H,10-13H2,1H3/t14-/m0/s1. The minimum atomic E-state index is -4.20. The van der Waals surface area contributed by atoms with Crippen LogP contribution in [0.5, 0.6) is 5.75 Å². The molecule has 2 amide bonds. The van der Waals surface area contributed by atoms with Gasteiger partial charge in [-0.15, -0.1) is 0 Å². The second-order valence-corrected chi connectivity index (χ2v) is 8.59. The number of hydrogen-bond acceptors (Lipinski definition) is 5. The molecule has 1 aliphatic heterocycles. The molecule has 1 atom stereocenters. The van der Waals surface area contributed by atoms with E-state index in [0.717, 1.165) is 12.1 Å². The first-order chi connectivity index (χ1) is 14.2. The van der Waals surface area contributed by atoms with Gasteiger partial charge in [0.25, 0.3) is 5.91 Å². The zero-order valence-electron chi connectivity index (χ0n) is 16.3. The largest absolute Gasteiger partial charge is 0.507 e. The van der Waals surface area contributed by atoms with Crippen molar-refractivity contribution in [2.75, 3.05) is 26.2 Å². The van der Waals surface area contributed by atoms with Gasteiger partial charge in [-0.3, -0.25) is 9.59 Å². The summed E-state index contributed by atoms with van der Waals surface area (Å²) >= 11 is 0. The van der Waals surface area contributed by atoms with Gasteiger partial charge in [0.1, 0.15) is 16.5 Å². The Bertz CT molecular complexity index is 1050. The molecule has 3 rings (SSSR count). The number of amides is 2. The van der Waals surface area contributed by atoms with Gasteiger partial charge in [0.15, 0.2) is 0 Å². The van der Waals surface area contributed by atoms with Gasteiger partial charge in [-0.1, -0.05) is 24.3 Å². The molecule has 2 aromatic rings. The average molecular weight is 435 g/mol. The van der Waals surface area contributed by atoms with E-state index in [1.54, 1.807) is 12.1 Å². The molecule has 10 heteroatoms. The number of hydrogen-bond donors (Lipinski definition) is 2. The predicted molar refractivity (Wildman–Crippen MR) is 107 cm³/mol. The summed E-state index contributed by atoms with van der Waals surface area (Å²) in [6.45, 7) is 2.30. The van der Waals surface area contributed by atoms with Gasteiger partial charge in [-0.05, 0) is 31.2 Å². The molecule has 2 aromatic carbocycles. The number of carbonyl (C=O) groups excluding carboxylic acids is 2. The van der Waals surface area contributed by atoms with Crippen molar-refractivity contribution in [2.45, 2.75) is 17.9 Å². The summed E-state index contributed by atoms with van der Waals surface area (Å²) < 4.78 is 40.8. The van der Waals surface area contributed by atoms with Gasteiger partial charge in [-0.2, -0.15) is 4.72 Å². The lowest BCUT2D eigenvalue weighted by molar-refractivity contribution is -0.134. The summed E-state index contributed by atoms with van der Waals surface area (Å²) in [6, 6.07) is 10.0. The van der Waals surface area contributed by atoms with Gasteiger partial charge in [0.2, 0.25) is 15.9 Å². The maximum Gasteiger partial charge on any atom is 0.257 e. The number of sulfonamides is 1. The quantitative estimate of drug-likeness (QED) is 0.734. The van der Waals surface area contributed by atoms with Gasteiger partial charge in [0.05, 0.1) is 11.6 Å². The summed E-state index contributed by atoms with van der Waals surface area (Å²) in [7, 11) is -4.20. The lowest BCUT2D eigenvalue weighted by Gasteiger charge is -2.36. The molecule has 0 spiro atoms. The topological polar surface area (TPSA) is 107 Å². The maximum atomic E-state index is 13.8. The molecule has 0 saturated carbocycles. The van der Waals surface area contributed by atoms with Crippen molar-refractivity contribution in [2.24, 2.45) is 0 Å². The molecule has 1 fully saturated rings. The number of phenols is 1. The first kappa shape index (κ1) is 21.7. The summed E-state index contributed by atoms with van der Waals surface area (Å²) in [5.41, 5.74) is 0.184. The molecule has 1 saturated heterocycles. The van der Waals surface area contributed by atoms with Gasteiger partial charge >= 0.3 is 0 Å². The van der Waals surface area contributed by atoms with E-state index in [2.05, 4.69) is 4.72 Å². The Morgan fingerprint density at radius 3 is 2.20 bits per heavy atom. The van der Waals surface area contributed by atoms with E-state index < -0.39 is 32.7 Å². The molecule has 0 aromatic heterocycles. The molecule has 0 unspecified atom stereocenters. The van der Waals surface area contributed by atoms with Crippen LogP contribution in [0.1, 0.15) is 17.3 Å². The number of nitrogens with zero attached hydrogens (tertiary/aromatic N) is 2. The number of halogens is 1. The number of carbonyl (C=O) groups is 2. The maximum absolute atomic E-state index is 13.8. The molecule has 1 aliphatic rings. The number of aromatic hydroxyl groups is 1. The number of nitrogens with one attached hydrogen (secondary N) is 1. The van der Waals surface area contributed by atoms with E-state index in [4.69, 9.17) is 0 Å². The first-order valence-electron chi connectivity index (χ1n) is 9.33. The highest BCUT2D eigenvalue weighted by molar-refractivity contribution is 7.89. The number of para-hydroxylation sites is 1. The molecule has 2 N–H and O–H groups in total. The van der Waals surface area contributed by atoms with Crippen LogP contribution in [0.3, 0.4) is 0 Å². The summed E-state index contributed by atoms with van der Waals surface area (Å²) in [5, 5.41) is 9.84. The van der Waals surface area contributed by atoms with Crippen LogP contribution in [0, 0.1) is 5.82 Å². The van der Waals surface area contributed by atoms with Crippen molar-refractivity contribution >= 4 is 21.8 Å². The van der Waals surface area contributed by atoms with Crippen molar-refractivity contribution in [1.82, 2.24) is 14.5 Å². The van der Waals surface area contributed by atoms with Crippen molar-refractivity contribution in [3.05, 3.63) is 59.9 Å². The average Bonchev–Trinajstić information content (AvgIpc) is 2.73. The van der Waals surface area contributed by atoms with Crippen LogP contribution in [-0.2, 0) is 14.8 Å². The predicted octanol–water partition coefficient (Wildman–Crippen LogP) is 1.18. The third kappa shape index (κ3) is 4.60. The smallest absolute Gasteiger partial charge is 0.257 e. The zero-order valence-corrected chi connectivity index (χ0v) is 17.1. The van der Waals surface area contributed by atoms with Gasteiger partial charge in [0, 0.05) is 26.2 Å². The van der Waals surface area contributed by atoms with Crippen molar-refractivity contribution in [3.8, 4) is 5.75 Å². The fraction of sp³-hybridized carbons (Fsp3) is 0.300. The highest BCUT2D eigenvalue weighted by atomic mass is 32.2. The lowest BCUT2D eigenvalue weighted by atomic mass is 10.1. The molecule has 0 bridgehead atoms. The Morgan fingerprint density at radius 1 is 1.00 bits per heavy atom. The second-order valence-electron chi connectivity index (χ2n) is 6.91. The number of phenolic OH excluding ortho intramolecular Hbond substituents is 1. The van der Waals surface area contributed by atoms with Crippen LogP contribution in [0.2, 0.25) is 0 Å². The third-order valence-corrected chi connectivity index (χ3v) is 6.42. The zero-order chi connectivity index (χ0) is 21.9. The fourth-order valence-electron chi connectivity index (χ4n) is 3.24. The van der Waals surface area contributed by atoms with E-state index in [1.807, 2.05) is 0 Å². The van der Waals surface area contributed by atoms with Crippen LogP contribution >= 0.6 is 0 Å². The monoisotopic (exact) mass is 435 g/mol. The molecule has 1 heterocycles. The lowest BCUT2D eigenvalue weighted by Crippen LogP contribution is -2.55. The highest BCUT2D eigenvalue weighted by Gasteiger charge is 2.31. The molecule has 160 valence electrons. The van der Waals surface area contributed by atoms with Crippen LogP contribution in [0.15, 0.2) is 53.4 Å². The van der Waals surface area contributed by atoms with E-state index in [9.17, 15) is 27.5 Å². The van der Waals surface area contributed by atoms with E-state index in [1.165, 1.54) is 41.0 Å². The van der Waals surface area contributed by atoms with Gasteiger partial charge < -0.3 is 14.9 Å². The Balaban J connectivity index is 1.60. The van der Waals surface area contributed by atoms with Crippen LogP contribution in [0.25, 0.3) is 0 Å². The SMILES string of the molecule is C[C@H](NS(=O)(=O)c1ccccc1F)C(=O)N1CCN(C(=O)c2ccccc2O)CC1. The van der Waals surface area contributed by atoms with Crippen molar-refractivity contribution < 1.29 is 27.5 Å². The van der Waals surface area contributed by atoms with E-state index in [-0.39, 0.29) is 43.4 Å². The van der Waals surface area contributed by atoms with Gasteiger partial charge in [-0.25, -0.2) is 12.8 Å². The van der Waals surface area contributed by atoms with Crippen LogP contribution in [0.4, 0.5) is 4.39 Å². The number of piperazine rings is 1. The Labute approximate surface area is 174 Å². The molecule has 30 heavy (non-hydrogen) atoms. The van der Waals surface area contributed by atoms with Crippen LogP contribution in [-0.4, -0.2) is 67.4 Å². The molecule has 0 aliphatic carbocycles. The van der Waals surface area contributed by atoms with Crippen molar-refractivity contribution in [3.63, 3.8) is 0 Å². The Kier molecular flexibility index (Phi) is 6.37. The van der Waals surface area contributed by atoms with E-state index >= 15 is 0 Å². The third-order valence-electron chi connectivity index (χ3n) is 4.84. The molecular formula is C20H22FN3O5S. The molecular weight excluding hydrogens is 413 g/mol. The summed E-state index contributed by atoms with van der Waals surface area (Å²) in [4.78, 5) is 27.6. The Hall–Kier alpha value is -2.98. The summed E-state index contributed by atoms with van der Waals surface area (Å²) in [5.74, 6) is -1.82. The van der Waals surface area contributed by atoms with Crippen molar-refractivity contribution in [1.29, 1.82) is 0 Å². The summed E-state index contributed by atoms with van der Waals surface area (Å²) in [6.07, 6.45) is 0. The fourth-order valence-corrected chi connectivity index (χ4v) is 4.51. The van der Waals surface area contributed by atoms with Crippen LogP contribution < -0.4 is 4.72 Å². The second kappa shape index (κ2) is 8.80. The molecule has 0 radical (unpaired) electrons. The number of benzene rings is 2. The highest BCUT2D eigenvalue weighted by Crippen LogP contribution is 2.19. The number of rotatable bonds is 5. The minimum absolute atomic E-state index is 0.114. The minimum Gasteiger partial charge on any atom is -0.507 e. The van der Waals surface area contributed by atoms with E-state index in [0.29, 0.717) is 0 Å². The first-order valence-corrected chi connectivity index (χ1v) is 10.8.